The molecule has 0 radical (unpaired) electrons. The predicted molar refractivity (Wildman–Crippen MR) is 221 cm³/mol. The maximum atomic E-state index is 13.6. The Balaban J connectivity index is 2.43. The van der Waals surface area contributed by atoms with Crippen LogP contribution < -0.4 is 10.4 Å². The number of nitriles is 1. The quantitative estimate of drug-likeness (QED) is 0.0470. The number of Topliss-reactive ketones (excluding diaryl/α,β-unsaturated/α-hetero) is 1. The summed E-state index contributed by atoms with van der Waals surface area (Å²) in [6.45, 7) is 19.1. The summed E-state index contributed by atoms with van der Waals surface area (Å²) in [5, 5.41) is 12.5. The Morgan fingerprint density at radius 2 is 1.44 bits per heavy atom. The lowest BCUT2D eigenvalue weighted by Gasteiger charge is -2.43. The first-order valence-corrected chi connectivity index (χ1v) is 22.8. The maximum Gasteiger partial charge on any atom is 0.337 e. The third-order valence-corrected chi connectivity index (χ3v) is 19.3. The van der Waals surface area contributed by atoms with E-state index in [1.807, 2.05) is 31.2 Å². The number of ether oxygens (including phenoxy) is 1. The summed E-state index contributed by atoms with van der Waals surface area (Å²) in [6.07, 6.45) is 14.2. The molecule has 0 unspecified atom stereocenters. The van der Waals surface area contributed by atoms with Gasteiger partial charge in [0.15, 0.2) is 14.1 Å². The molecule has 0 amide bonds. The van der Waals surface area contributed by atoms with Gasteiger partial charge in [-0.25, -0.2) is 4.79 Å². The summed E-state index contributed by atoms with van der Waals surface area (Å²) in [6, 6.07) is 26.1. The van der Waals surface area contributed by atoms with Crippen LogP contribution in [0.25, 0.3) is 0 Å². The minimum atomic E-state index is -2.78. The Morgan fingerprint density at radius 3 is 1.90 bits per heavy atom. The van der Waals surface area contributed by atoms with Gasteiger partial charge in [0.1, 0.15) is 6.07 Å². The lowest BCUT2D eigenvalue weighted by Crippen LogP contribution is -2.66. The first-order valence-electron chi connectivity index (χ1n) is 18.3. The zero-order chi connectivity index (χ0) is 38.8. The molecule has 6 nitrogen and oxygen atoms in total. The van der Waals surface area contributed by atoms with Gasteiger partial charge in [-0.1, -0.05) is 144 Å². The predicted octanol–water partition coefficient (Wildman–Crippen LogP) is 9.49. The molecule has 2 rings (SSSR count). The lowest BCUT2D eigenvalue weighted by molar-refractivity contribution is -0.135. The van der Waals surface area contributed by atoms with Gasteiger partial charge in [-0.15, -0.1) is 0 Å². The van der Waals surface area contributed by atoms with Gasteiger partial charge in [0, 0.05) is 6.61 Å². The van der Waals surface area contributed by atoms with Crippen LogP contribution in [-0.2, 0) is 23.2 Å². The summed E-state index contributed by atoms with van der Waals surface area (Å²) in [7, 11) is -3.55. The number of nitrogens with zero attached hydrogens (tertiary/aromatic N) is 1. The molecule has 2 aromatic rings. The van der Waals surface area contributed by atoms with Gasteiger partial charge < -0.3 is 13.6 Å². The Kier molecular flexibility index (Phi) is 18.1. The summed E-state index contributed by atoms with van der Waals surface area (Å²) in [5.41, 5.74) is 1.85. The van der Waals surface area contributed by atoms with Crippen LogP contribution in [0.4, 0.5) is 0 Å². The van der Waals surface area contributed by atoms with E-state index in [9.17, 15) is 14.9 Å². The summed E-state index contributed by atoms with van der Waals surface area (Å²) in [4.78, 5) is 25.4. The molecule has 0 aliphatic heterocycles. The number of hydrogen-bond acceptors (Lipinski definition) is 6. The number of allylic oxidation sites excluding steroid dienone is 9. The van der Waals surface area contributed by atoms with Crippen molar-refractivity contribution in [1.82, 2.24) is 0 Å². The molecular formula is C44H59NO5Si2. The third-order valence-electron chi connectivity index (χ3n) is 9.59. The van der Waals surface area contributed by atoms with Gasteiger partial charge in [0.2, 0.25) is 0 Å². The number of hydrogen-bond donors (Lipinski definition) is 0. The Labute approximate surface area is 315 Å². The molecule has 0 saturated carbocycles. The van der Waals surface area contributed by atoms with E-state index in [1.54, 1.807) is 50.3 Å². The number of carbonyl (C=O) groups excluding carboxylic acids is 2. The first-order chi connectivity index (χ1) is 24.8. The molecule has 2 aromatic carbocycles. The zero-order valence-electron chi connectivity index (χ0n) is 33.0. The van der Waals surface area contributed by atoms with Gasteiger partial charge in [0.05, 0.1) is 24.4 Å². The molecule has 0 heterocycles. The van der Waals surface area contributed by atoms with Crippen molar-refractivity contribution in [2.75, 3.05) is 13.7 Å². The number of rotatable bonds is 19. The van der Waals surface area contributed by atoms with E-state index in [0.29, 0.717) is 24.2 Å². The molecule has 1 atom stereocenters. The van der Waals surface area contributed by atoms with Crippen LogP contribution in [-0.4, -0.2) is 48.2 Å². The van der Waals surface area contributed by atoms with E-state index < -0.39 is 28.7 Å². The number of ketones is 1. The van der Waals surface area contributed by atoms with Crippen molar-refractivity contribution >= 4 is 38.8 Å². The van der Waals surface area contributed by atoms with Crippen molar-refractivity contribution in [3.63, 3.8) is 0 Å². The smallest absolute Gasteiger partial charge is 0.337 e. The van der Waals surface area contributed by atoms with Gasteiger partial charge in [-0.05, 0) is 78.5 Å². The average Bonchev–Trinajstić information content (AvgIpc) is 3.15. The molecule has 278 valence electrons. The van der Waals surface area contributed by atoms with Crippen LogP contribution in [0.1, 0.15) is 68.7 Å². The molecule has 0 fully saturated rings. The van der Waals surface area contributed by atoms with Crippen LogP contribution in [0.2, 0.25) is 23.2 Å². The number of carbonyl (C=O) groups is 2. The van der Waals surface area contributed by atoms with Gasteiger partial charge in [-0.2, -0.15) is 5.26 Å². The fraction of sp³-hybridized carbons (Fsp3) is 0.386. The second kappa shape index (κ2) is 21.4. The van der Waals surface area contributed by atoms with Crippen LogP contribution in [0.15, 0.2) is 132 Å². The molecule has 52 heavy (non-hydrogen) atoms. The molecule has 0 bridgehead atoms. The summed E-state index contributed by atoms with van der Waals surface area (Å²) < 4.78 is 19.0. The molecule has 0 spiro atoms. The van der Waals surface area contributed by atoms with Gasteiger partial charge >= 0.3 is 5.97 Å². The van der Waals surface area contributed by atoms with Crippen molar-refractivity contribution in [2.24, 2.45) is 0 Å². The fourth-order valence-corrected chi connectivity index (χ4v) is 13.8. The number of methoxy groups -OCH3 is 1. The summed E-state index contributed by atoms with van der Waals surface area (Å²) >= 11 is 0. The topological polar surface area (TPSA) is 85.6 Å². The van der Waals surface area contributed by atoms with E-state index in [-0.39, 0.29) is 16.4 Å². The van der Waals surface area contributed by atoms with E-state index in [2.05, 4.69) is 96.1 Å². The Hall–Kier alpha value is -4.14. The third kappa shape index (κ3) is 12.0. The van der Waals surface area contributed by atoms with Crippen molar-refractivity contribution in [1.29, 1.82) is 5.26 Å². The Morgan fingerprint density at radius 1 is 0.885 bits per heavy atom. The molecule has 0 aliphatic carbocycles. The van der Waals surface area contributed by atoms with E-state index in [4.69, 9.17) is 13.6 Å². The largest absolute Gasteiger partial charge is 0.465 e. The van der Waals surface area contributed by atoms with E-state index in [1.165, 1.54) is 17.5 Å². The van der Waals surface area contributed by atoms with E-state index in [0.717, 1.165) is 23.7 Å². The van der Waals surface area contributed by atoms with Crippen molar-refractivity contribution < 1.29 is 23.2 Å². The SMILES string of the molecule is C\C=C(/C=C(C)/C=C/C=C/C=C(\C)C(=O)/C(C#N)=C/[C@H](CCO[Si](c1ccccc1)(c1ccccc1)C(C)(C)C)O[Si](CC)(CC)CC)C(=O)OC. The molecule has 0 aliphatic rings. The van der Waals surface area contributed by atoms with Gasteiger partial charge in [-0.3, -0.25) is 4.79 Å². The van der Waals surface area contributed by atoms with Gasteiger partial charge in [0.25, 0.3) is 8.32 Å². The highest BCUT2D eigenvalue weighted by molar-refractivity contribution is 6.99. The molecule has 8 heteroatoms. The second-order valence-electron chi connectivity index (χ2n) is 13.9. The van der Waals surface area contributed by atoms with Crippen molar-refractivity contribution in [2.45, 2.75) is 98.0 Å². The van der Waals surface area contributed by atoms with Crippen molar-refractivity contribution in [3.8, 4) is 6.07 Å². The maximum absolute atomic E-state index is 13.6. The molecule has 0 saturated heterocycles. The van der Waals surface area contributed by atoms with Crippen LogP contribution in [0.3, 0.4) is 0 Å². The highest BCUT2D eigenvalue weighted by Crippen LogP contribution is 2.37. The average molecular weight is 738 g/mol. The van der Waals surface area contributed by atoms with Crippen molar-refractivity contribution in [3.05, 3.63) is 132 Å². The highest BCUT2D eigenvalue weighted by Gasteiger charge is 2.50. The summed E-state index contributed by atoms with van der Waals surface area (Å²) in [5.74, 6) is -0.725. The minimum absolute atomic E-state index is 0.0693. The number of esters is 1. The normalized spacial score (nSPS) is 14.5. The first kappa shape index (κ1) is 44.0. The van der Waals surface area contributed by atoms with Crippen LogP contribution in [0, 0.1) is 11.3 Å². The zero-order valence-corrected chi connectivity index (χ0v) is 35.0. The monoisotopic (exact) mass is 737 g/mol. The molecule has 0 aromatic heterocycles. The number of benzene rings is 2. The standard InChI is InChI=1S/C44H59NO5Si2/c1-11-37(43(47)48-10)32-35(5)24-18-15-19-25-36(6)42(46)38(34-45)33-39(50-51(12-2,13-3)14-4)30-31-49-52(44(7,8)9,40-26-20-16-21-27-40)41-28-22-17-23-29-41/h11,15-29,32-33,39H,12-14,30-31H2,1-10H3/b19-15+,24-18+,35-32+,36-25+,37-11+,38-33+/t39-/m0/s1. The van der Waals surface area contributed by atoms with Crippen LogP contribution in [0.5, 0.6) is 0 Å². The molecular weight excluding hydrogens is 679 g/mol. The lowest BCUT2D eigenvalue weighted by atomic mass is 10.0. The minimum Gasteiger partial charge on any atom is -0.465 e. The van der Waals surface area contributed by atoms with E-state index >= 15 is 0 Å². The van der Waals surface area contributed by atoms with Crippen LogP contribution >= 0.6 is 0 Å². The fourth-order valence-electron chi connectivity index (χ4n) is 6.37. The second-order valence-corrected chi connectivity index (χ2v) is 23.0. The molecule has 0 N–H and O–H groups in total. The highest BCUT2D eigenvalue weighted by atomic mass is 28.4. The Bertz CT molecular complexity index is 1640.